The van der Waals surface area contributed by atoms with Gasteiger partial charge in [-0.25, -0.2) is 4.79 Å². The van der Waals surface area contributed by atoms with Gasteiger partial charge in [0.05, 0.1) is 11.6 Å². The molecule has 24 heavy (non-hydrogen) atoms. The van der Waals surface area contributed by atoms with Gasteiger partial charge in [0.25, 0.3) is 5.91 Å². The molecular weight excluding hydrogens is 310 g/mol. The average molecular weight is 329 g/mol. The minimum absolute atomic E-state index is 0.104. The molecule has 1 aromatic rings. The molecule has 0 aliphatic carbocycles. The predicted molar refractivity (Wildman–Crippen MR) is 84.6 cm³/mol. The summed E-state index contributed by atoms with van der Waals surface area (Å²) in [5, 5.41) is 20.6. The van der Waals surface area contributed by atoms with E-state index in [-0.39, 0.29) is 11.7 Å². The highest BCUT2D eigenvalue weighted by Crippen LogP contribution is 2.16. The minimum Gasteiger partial charge on any atom is -0.481 e. The Morgan fingerprint density at radius 3 is 2.50 bits per heavy atom. The molecule has 1 atom stereocenters. The van der Waals surface area contributed by atoms with Gasteiger partial charge in [0.15, 0.2) is 13.2 Å². The Balaban J connectivity index is 2.46. The standard InChI is InChI=1S/C17H19N3O4/c1-12(2)17(3,11-19)20-15(21)9-24-16(22)10-23-14-7-5-4-6-13(14)8-18/h4-7,12H,9-10H2,1-3H3,(H,20,21)/t17-/m0/s1. The summed E-state index contributed by atoms with van der Waals surface area (Å²) < 4.78 is 10.0. The van der Waals surface area contributed by atoms with E-state index >= 15 is 0 Å². The number of rotatable bonds is 7. The van der Waals surface area contributed by atoms with Crippen LogP contribution in [0.3, 0.4) is 0 Å². The number of hydrogen-bond donors (Lipinski definition) is 1. The SMILES string of the molecule is CC(C)[C@](C)(C#N)NC(=O)COC(=O)COc1ccccc1C#N. The van der Waals surface area contributed by atoms with Crippen LogP contribution in [-0.4, -0.2) is 30.6 Å². The number of ether oxygens (including phenoxy) is 2. The smallest absolute Gasteiger partial charge is 0.344 e. The number of benzene rings is 1. The van der Waals surface area contributed by atoms with Gasteiger partial charge in [-0.2, -0.15) is 10.5 Å². The van der Waals surface area contributed by atoms with Crippen molar-refractivity contribution in [1.29, 1.82) is 10.5 Å². The molecule has 0 bridgehead atoms. The van der Waals surface area contributed by atoms with Crippen LogP contribution < -0.4 is 10.1 Å². The molecule has 0 aliphatic heterocycles. The zero-order valence-corrected chi connectivity index (χ0v) is 13.8. The second-order valence-electron chi connectivity index (χ2n) is 5.57. The Kier molecular flexibility index (Phi) is 6.76. The van der Waals surface area contributed by atoms with Crippen molar-refractivity contribution >= 4 is 11.9 Å². The first-order valence-electron chi connectivity index (χ1n) is 7.32. The van der Waals surface area contributed by atoms with Crippen molar-refractivity contribution in [2.24, 2.45) is 5.92 Å². The number of nitriles is 2. The van der Waals surface area contributed by atoms with Crippen LogP contribution >= 0.6 is 0 Å². The molecule has 0 radical (unpaired) electrons. The second-order valence-corrected chi connectivity index (χ2v) is 5.57. The van der Waals surface area contributed by atoms with E-state index in [4.69, 9.17) is 20.0 Å². The lowest BCUT2D eigenvalue weighted by Crippen LogP contribution is -2.50. The van der Waals surface area contributed by atoms with Gasteiger partial charge >= 0.3 is 5.97 Å². The van der Waals surface area contributed by atoms with E-state index < -0.39 is 30.6 Å². The highest BCUT2D eigenvalue weighted by atomic mass is 16.6. The van der Waals surface area contributed by atoms with Crippen LogP contribution in [0, 0.1) is 28.6 Å². The molecule has 0 aromatic heterocycles. The molecule has 0 aliphatic rings. The maximum Gasteiger partial charge on any atom is 0.344 e. The third-order valence-electron chi connectivity index (χ3n) is 3.50. The zero-order chi connectivity index (χ0) is 18.2. The fourth-order valence-electron chi connectivity index (χ4n) is 1.64. The van der Waals surface area contributed by atoms with Crippen molar-refractivity contribution in [3.8, 4) is 17.9 Å². The van der Waals surface area contributed by atoms with Crippen molar-refractivity contribution in [2.45, 2.75) is 26.3 Å². The second kappa shape index (κ2) is 8.54. The first-order valence-corrected chi connectivity index (χ1v) is 7.32. The number of nitrogens with one attached hydrogen (secondary N) is 1. The summed E-state index contributed by atoms with van der Waals surface area (Å²) in [5.74, 6) is -1.16. The molecule has 7 nitrogen and oxygen atoms in total. The van der Waals surface area contributed by atoms with Crippen molar-refractivity contribution in [3.63, 3.8) is 0 Å². The van der Waals surface area contributed by atoms with Crippen LogP contribution in [0.25, 0.3) is 0 Å². The number of carbonyl (C=O) groups excluding carboxylic acids is 2. The Bertz CT molecular complexity index is 688. The van der Waals surface area contributed by atoms with Crippen LogP contribution in [0.15, 0.2) is 24.3 Å². The summed E-state index contributed by atoms with van der Waals surface area (Å²) in [6, 6.07) is 10.4. The molecule has 0 saturated heterocycles. The molecule has 1 N–H and O–H groups in total. The molecular formula is C17H19N3O4. The molecule has 1 rings (SSSR count). The first kappa shape index (κ1) is 19.0. The topological polar surface area (TPSA) is 112 Å². The van der Waals surface area contributed by atoms with Gasteiger partial charge in [0.1, 0.15) is 17.4 Å². The molecule has 126 valence electrons. The van der Waals surface area contributed by atoms with E-state index in [1.54, 1.807) is 45.0 Å². The number of amides is 1. The molecule has 1 aromatic carbocycles. The molecule has 0 fully saturated rings. The van der Waals surface area contributed by atoms with Gasteiger partial charge < -0.3 is 14.8 Å². The van der Waals surface area contributed by atoms with Gasteiger partial charge in [0, 0.05) is 0 Å². The van der Waals surface area contributed by atoms with Crippen LogP contribution in [-0.2, 0) is 14.3 Å². The Morgan fingerprint density at radius 1 is 1.25 bits per heavy atom. The maximum absolute atomic E-state index is 11.8. The summed E-state index contributed by atoms with van der Waals surface area (Å²) in [4.78, 5) is 23.4. The minimum atomic E-state index is -1.04. The summed E-state index contributed by atoms with van der Waals surface area (Å²) in [6.45, 7) is 4.27. The van der Waals surface area contributed by atoms with Crippen molar-refractivity contribution < 1.29 is 19.1 Å². The lowest BCUT2D eigenvalue weighted by molar-refractivity contribution is -0.150. The van der Waals surface area contributed by atoms with Gasteiger partial charge in [-0.3, -0.25) is 4.79 Å². The number of esters is 1. The molecule has 0 spiro atoms. The lowest BCUT2D eigenvalue weighted by Gasteiger charge is -2.27. The van der Waals surface area contributed by atoms with Gasteiger partial charge in [-0.1, -0.05) is 26.0 Å². The van der Waals surface area contributed by atoms with Crippen molar-refractivity contribution in [2.75, 3.05) is 13.2 Å². The largest absolute Gasteiger partial charge is 0.481 e. The Hall–Kier alpha value is -3.06. The normalized spacial score (nSPS) is 12.4. The highest BCUT2D eigenvalue weighted by Gasteiger charge is 2.30. The molecule has 0 unspecified atom stereocenters. The van der Waals surface area contributed by atoms with E-state index in [2.05, 4.69) is 5.32 Å². The van der Waals surface area contributed by atoms with E-state index in [0.717, 1.165) is 0 Å². The van der Waals surface area contributed by atoms with E-state index in [1.807, 2.05) is 12.1 Å². The zero-order valence-electron chi connectivity index (χ0n) is 13.8. The lowest BCUT2D eigenvalue weighted by atomic mass is 9.90. The van der Waals surface area contributed by atoms with Crippen LogP contribution in [0.2, 0.25) is 0 Å². The highest BCUT2D eigenvalue weighted by molar-refractivity contribution is 5.81. The third kappa shape index (κ3) is 5.29. The molecule has 1 amide bonds. The summed E-state index contributed by atoms with van der Waals surface area (Å²) in [5.41, 5.74) is -0.740. The van der Waals surface area contributed by atoms with Crippen LogP contribution in [0.1, 0.15) is 26.3 Å². The van der Waals surface area contributed by atoms with E-state index in [9.17, 15) is 9.59 Å². The van der Waals surface area contributed by atoms with Gasteiger partial charge in [-0.05, 0) is 25.0 Å². The molecule has 0 heterocycles. The number of carbonyl (C=O) groups is 2. The average Bonchev–Trinajstić information content (AvgIpc) is 2.57. The quantitative estimate of drug-likeness (QED) is 0.759. The van der Waals surface area contributed by atoms with E-state index in [0.29, 0.717) is 5.56 Å². The number of hydrogen-bond acceptors (Lipinski definition) is 6. The van der Waals surface area contributed by atoms with Gasteiger partial charge in [0.2, 0.25) is 0 Å². The Morgan fingerprint density at radius 2 is 1.92 bits per heavy atom. The fraction of sp³-hybridized carbons (Fsp3) is 0.412. The summed E-state index contributed by atoms with van der Waals surface area (Å²) >= 11 is 0. The number of nitrogens with zero attached hydrogens (tertiary/aromatic N) is 2. The molecule has 0 saturated carbocycles. The summed E-state index contributed by atoms with van der Waals surface area (Å²) in [7, 11) is 0. The van der Waals surface area contributed by atoms with Crippen LogP contribution in [0.4, 0.5) is 0 Å². The third-order valence-corrected chi connectivity index (χ3v) is 3.50. The van der Waals surface area contributed by atoms with Crippen molar-refractivity contribution in [1.82, 2.24) is 5.32 Å². The fourth-order valence-corrected chi connectivity index (χ4v) is 1.64. The van der Waals surface area contributed by atoms with E-state index in [1.165, 1.54) is 0 Å². The monoisotopic (exact) mass is 329 g/mol. The number of para-hydroxylation sites is 1. The molecule has 7 heteroatoms. The van der Waals surface area contributed by atoms with Crippen LogP contribution in [0.5, 0.6) is 5.75 Å². The maximum atomic E-state index is 11.8. The Labute approximate surface area is 140 Å². The van der Waals surface area contributed by atoms with Gasteiger partial charge in [-0.15, -0.1) is 0 Å². The summed E-state index contributed by atoms with van der Waals surface area (Å²) in [6.07, 6.45) is 0. The van der Waals surface area contributed by atoms with Crippen molar-refractivity contribution in [3.05, 3.63) is 29.8 Å². The predicted octanol–water partition coefficient (Wildman–Crippen LogP) is 1.53. The first-order chi connectivity index (χ1) is 11.3.